The van der Waals surface area contributed by atoms with Crippen LogP contribution < -0.4 is 9.47 Å². The molecule has 0 spiro atoms. The molecule has 0 aliphatic carbocycles. The summed E-state index contributed by atoms with van der Waals surface area (Å²) in [5, 5.41) is 0. The van der Waals surface area contributed by atoms with Crippen LogP contribution in [0.25, 0.3) is 11.1 Å². The highest BCUT2D eigenvalue weighted by Gasteiger charge is 2.10. The number of rotatable bonds is 4. The molecule has 2 rings (SSSR count). The van der Waals surface area contributed by atoms with E-state index >= 15 is 0 Å². The summed E-state index contributed by atoms with van der Waals surface area (Å²) in [6.45, 7) is 0. The van der Waals surface area contributed by atoms with Crippen LogP contribution in [0.4, 0.5) is 0 Å². The van der Waals surface area contributed by atoms with Crippen LogP contribution in [0, 0.1) is 0 Å². The Balaban J connectivity index is 2.56. The quantitative estimate of drug-likeness (QED) is 0.771. The zero-order chi connectivity index (χ0) is 13.0. The van der Waals surface area contributed by atoms with E-state index in [-0.39, 0.29) is 0 Å². The van der Waals surface area contributed by atoms with Crippen LogP contribution in [-0.2, 0) is 0 Å². The van der Waals surface area contributed by atoms with Crippen LogP contribution >= 0.6 is 11.8 Å². The maximum atomic E-state index is 5.47. The van der Waals surface area contributed by atoms with Gasteiger partial charge in [-0.2, -0.15) is 0 Å². The van der Waals surface area contributed by atoms with Gasteiger partial charge in [0.1, 0.15) is 11.5 Å². The molecule has 0 atom stereocenters. The highest BCUT2D eigenvalue weighted by atomic mass is 32.2. The van der Waals surface area contributed by atoms with Gasteiger partial charge in [-0.1, -0.05) is 18.2 Å². The van der Waals surface area contributed by atoms with Crippen LogP contribution in [0.1, 0.15) is 0 Å². The van der Waals surface area contributed by atoms with E-state index in [1.807, 2.05) is 30.3 Å². The molecular weight excluding hydrogens is 244 g/mol. The Kier molecular flexibility index (Phi) is 4.15. The molecule has 0 amide bonds. The molecule has 0 aliphatic rings. The number of methoxy groups -OCH3 is 2. The van der Waals surface area contributed by atoms with Crippen molar-refractivity contribution >= 4 is 11.8 Å². The van der Waals surface area contributed by atoms with Gasteiger partial charge in [0, 0.05) is 16.0 Å². The first-order chi connectivity index (χ1) is 8.80. The topological polar surface area (TPSA) is 18.5 Å². The first kappa shape index (κ1) is 12.8. The van der Waals surface area contributed by atoms with Crippen molar-refractivity contribution in [3.63, 3.8) is 0 Å². The summed E-state index contributed by atoms with van der Waals surface area (Å²) in [4.78, 5) is 1.19. The monoisotopic (exact) mass is 260 g/mol. The molecule has 0 saturated carbocycles. The van der Waals surface area contributed by atoms with Gasteiger partial charge >= 0.3 is 0 Å². The molecule has 0 N–H and O–H groups in total. The minimum Gasteiger partial charge on any atom is -0.496 e. The van der Waals surface area contributed by atoms with Gasteiger partial charge in [-0.05, 0) is 30.5 Å². The number of benzene rings is 2. The predicted octanol–water partition coefficient (Wildman–Crippen LogP) is 4.09. The maximum Gasteiger partial charge on any atom is 0.127 e. The van der Waals surface area contributed by atoms with Gasteiger partial charge in [0.25, 0.3) is 0 Å². The number of thioether (sulfide) groups is 1. The number of ether oxygens (including phenoxy) is 2. The highest BCUT2D eigenvalue weighted by molar-refractivity contribution is 7.98. The summed E-state index contributed by atoms with van der Waals surface area (Å²) < 4.78 is 10.9. The summed E-state index contributed by atoms with van der Waals surface area (Å²) >= 11 is 1.70. The molecule has 0 unspecified atom stereocenters. The molecule has 2 aromatic rings. The molecule has 2 aromatic carbocycles. The molecule has 0 aromatic heterocycles. The van der Waals surface area contributed by atoms with E-state index < -0.39 is 0 Å². The summed E-state index contributed by atoms with van der Waals surface area (Å²) in [6, 6.07) is 14.2. The molecule has 2 nitrogen and oxygen atoms in total. The second kappa shape index (κ2) is 5.83. The second-order valence-electron chi connectivity index (χ2n) is 3.77. The highest BCUT2D eigenvalue weighted by Crippen LogP contribution is 2.37. The Hall–Kier alpha value is -1.61. The van der Waals surface area contributed by atoms with Crippen molar-refractivity contribution in [2.75, 3.05) is 20.5 Å². The standard InChI is InChI=1S/C15H16O2S/c1-16-14-7-5-4-6-12(14)13-9-8-11(18-3)10-15(13)17-2/h4-10H,1-3H3. The zero-order valence-electron chi connectivity index (χ0n) is 10.8. The van der Waals surface area contributed by atoms with E-state index in [9.17, 15) is 0 Å². The van der Waals surface area contributed by atoms with E-state index in [4.69, 9.17) is 9.47 Å². The second-order valence-corrected chi connectivity index (χ2v) is 4.65. The summed E-state index contributed by atoms with van der Waals surface area (Å²) in [5.74, 6) is 1.72. The molecular formula is C15H16O2S. The lowest BCUT2D eigenvalue weighted by atomic mass is 10.0. The smallest absolute Gasteiger partial charge is 0.127 e. The van der Waals surface area contributed by atoms with Crippen molar-refractivity contribution in [1.82, 2.24) is 0 Å². The third-order valence-electron chi connectivity index (χ3n) is 2.81. The fourth-order valence-corrected chi connectivity index (χ4v) is 2.32. The van der Waals surface area contributed by atoms with Gasteiger partial charge in [-0.3, -0.25) is 0 Å². The van der Waals surface area contributed by atoms with E-state index in [0.29, 0.717) is 0 Å². The average molecular weight is 260 g/mol. The average Bonchev–Trinajstić information content (AvgIpc) is 2.46. The zero-order valence-corrected chi connectivity index (χ0v) is 11.6. The lowest BCUT2D eigenvalue weighted by Gasteiger charge is -2.13. The van der Waals surface area contributed by atoms with Gasteiger partial charge < -0.3 is 9.47 Å². The molecule has 3 heteroatoms. The van der Waals surface area contributed by atoms with Crippen LogP contribution in [-0.4, -0.2) is 20.5 Å². The van der Waals surface area contributed by atoms with Crippen molar-refractivity contribution in [1.29, 1.82) is 0 Å². The maximum absolute atomic E-state index is 5.47. The van der Waals surface area contributed by atoms with Gasteiger partial charge in [-0.15, -0.1) is 11.8 Å². The summed E-state index contributed by atoms with van der Waals surface area (Å²) in [5.41, 5.74) is 2.09. The fraction of sp³-hybridized carbons (Fsp3) is 0.200. The van der Waals surface area contributed by atoms with E-state index in [2.05, 4.69) is 18.4 Å². The van der Waals surface area contributed by atoms with Crippen molar-refractivity contribution in [2.24, 2.45) is 0 Å². The van der Waals surface area contributed by atoms with Gasteiger partial charge in [0.15, 0.2) is 0 Å². The van der Waals surface area contributed by atoms with Crippen LogP contribution in [0.15, 0.2) is 47.4 Å². The van der Waals surface area contributed by atoms with Gasteiger partial charge in [0.05, 0.1) is 14.2 Å². The predicted molar refractivity (Wildman–Crippen MR) is 76.8 cm³/mol. The first-order valence-corrected chi connectivity index (χ1v) is 6.88. The van der Waals surface area contributed by atoms with Gasteiger partial charge in [-0.25, -0.2) is 0 Å². The molecule has 0 fully saturated rings. The van der Waals surface area contributed by atoms with Crippen molar-refractivity contribution < 1.29 is 9.47 Å². The Morgan fingerprint density at radius 1 is 0.833 bits per heavy atom. The van der Waals surface area contributed by atoms with Crippen molar-refractivity contribution in [3.8, 4) is 22.6 Å². The minimum absolute atomic E-state index is 0.854. The molecule has 18 heavy (non-hydrogen) atoms. The normalized spacial score (nSPS) is 10.2. The molecule has 0 aliphatic heterocycles. The molecule has 0 radical (unpaired) electrons. The van der Waals surface area contributed by atoms with Crippen LogP contribution in [0.5, 0.6) is 11.5 Å². The van der Waals surface area contributed by atoms with E-state index in [1.54, 1.807) is 26.0 Å². The molecule has 94 valence electrons. The Bertz CT molecular complexity index is 538. The molecule has 0 bridgehead atoms. The minimum atomic E-state index is 0.854. The Morgan fingerprint density at radius 3 is 2.17 bits per heavy atom. The first-order valence-electron chi connectivity index (χ1n) is 5.65. The SMILES string of the molecule is COc1ccccc1-c1ccc(SC)cc1OC. The lowest BCUT2D eigenvalue weighted by Crippen LogP contribution is -1.91. The molecule has 0 heterocycles. The Labute approximate surface area is 112 Å². The Morgan fingerprint density at radius 2 is 1.50 bits per heavy atom. The summed E-state index contributed by atoms with van der Waals surface area (Å²) in [6.07, 6.45) is 2.05. The molecule has 0 saturated heterocycles. The van der Waals surface area contributed by atoms with E-state index in [1.165, 1.54) is 4.90 Å². The largest absolute Gasteiger partial charge is 0.496 e. The van der Waals surface area contributed by atoms with Crippen molar-refractivity contribution in [2.45, 2.75) is 4.90 Å². The van der Waals surface area contributed by atoms with Crippen molar-refractivity contribution in [3.05, 3.63) is 42.5 Å². The number of hydrogen-bond acceptors (Lipinski definition) is 3. The van der Waals surface area contributed by atoms with Crippen LogP contribution in [0.3, 0.4) is 0 Å². The third kappa shape index (κ3) is 2.46. The van der Waals surface area contributed by atoms with E-state index in [0.717, 1.165) is 22.6 Å². The van der Waals surface area contributed by atoms with Gasteiger partial charge in [0.2, 0.25) is 0 Å². The fourth-order valence-electron chi connectivity index (χ4n) is 1.89. The van der Waals surface area contributed by atoms with Crippen LogP contribution in [0.2, 0.25) is 0 Å². The summed E-state index contributed by atoms with van der Waals surface area (Å²) in [7, 11) is 3.37. The third-order valence-corrected chi connectivity index (χ3v) is 3.53. The number of hydrogen-bond donors (Lipinski definition) is 0. The number of para-hydroxylation sites is 1. The lowest BCUT2D eigenvalue weighted by molar-refractivity contribution is 0.409.